The molecule has 0 aliphatic carbocycles. The predicted octanol–water partition coefficient (Wildman–Crippen LogP) is 3.47. The van der Waals surface area contributed by atoms with Crippen molar-refractivity contribution in [2.24, 2.45) is 0 Å². The molecule has 0 spiro atoms. The molecule has 2 aromatic carbocycles. The van der Waals surface area contributed by atoms with Crippen molar-refractivity contribution in [1.82, 2.24) is 0 Å². The van der Waals surface area contributed by atoms with Crippen LogP contribution in [0.5, 0.6) is 5.75 Å². The third-order valence-electron chi connectivity index (χ3n) is 2.89. The predicted molar refractivity (Wildman–Crippen MR) is 72.7 cm³/mol. The molecule has 20 heavy (non-hydrogen) atoms. The minimum atomic E-state index is -0.560. The second-order valence-corrected chi connectivity index (χ2v) is 4.50. The Morgan fingerprint density at radius 2 is 1.65 bits per heavy atom. The largest absolute Gasteiger partial charge is 0.422 e. The van der Waals surface area contributed by atoms with Gasteiger partial charge in [0.1, 0.15) is 17.9 Å². The Morgan fingerprint density at radius 1 is 1.10 bits per heavy atom. The molecule has 2 aromatic rings. The summed E-state index contributed by atoms with van der Waals surface area (Å²) in [5, 5.41) is 0. The van der Waals surface area contributed by atoms with Gasteiger partial charge in [-0.2, -0.15) is 0 Å². The topological polar surface area (TPSA) is 43.4 Å². The smallest absolute Gasteiger partial charge is 0.343 e. The Kier molecular flexibility index (Phi) is 3.94. The van der Waals surface area contributed by atoms with E-state index in [2.05, 4.69) is 0 Å². The first-order chi connectivity index (χ1) is 9.51. The van der Waals surface area contributed by atoms with Gasteiger partial charge in [-0.3, -0.25) is 4.79 Å². The van der Waals surface area contributed by atoms with E-state index in [1.54, 1.807) is 26.0 Å². The highest BCUT2D eigenvalue weighted by Gasteiger charge is 2.13. The molecule has 3 nitrogen and oxygen atoms in total. The van der Waals surface area contributed by atoms with Gasteiger partial charge in [0.05, 0.1) is 5.56 Å². The van der Waals surface area contributed by atoms with Gasteiger partial charge in [0, 0.05) is 5.56 Å². The third-order valence-corrected chi connectivity index (χ3v) is 2.89. The first-order valence-electron chi connectivity index (χ1n) is 6.05. The molecule has 0 aliphatic rings. The van der Waals surface area contributed by atoms with E-state index in [1.165, 1.54) is 24.3 Å². The van der Waals surface area contributed by atoms with Gasteiger partial charge < -0.3 is 4.74 Å². The molecular formula is C16H13FO3. The summed E-state index contributed by atoms with van der Waals surface area (Å²) in [5.41, 5.74) is 2.19. The Hall–Kier alpha value is -2.49. The monoisotopic (exact) mass is 272 g/mol. The van der Waals surface area contributed by atoms with E-state index in [0.29, 0.717) is 22.4 Å². The molecule has 2 rings (SSSR count). The summed E-state index contributed by atoms with van der Waals surface area (Å²) >= 11 is 0. The van der Waals surface area contributed by atoms with Crippen molar-refractivity contribution in [3.8, 4) is 5.75 Å². The lowest BCUT2D eigenvalue weighted by atomic mass is 10.1. The van der Waals surface area contributed by atoms with Gasteiger partial charge in [-0.1, -0.05) is 0 Å². The molecule has 0 N–H and O–H groups in total. The second-order valence-electron chi connectivity index (χ2n) is 4.50. The Bertz CT molecular complexity index is 637. The standard InChI is InChI=1S/C16H13FO3/c1-10-7-12(9-18)8-11(2)15(10)20-16(19)13-3-5-14(17)6-4-13/h3-9H,1-2H3. The van der Waals surface area contributed by atoms with Gasteiger partial charge in [0.2, 0.25) is 0 Å². The van der Waals surface area contributed by atoms with Crippen LogP contribution in [0.3, 0.4) is 0 Å². The van der Waals surface area contributed by atoms with Crippen LogP contribution in [-0.2, 0) is 0 Å². The second kappa shape index (κ2) is 5.65. The molecule has 0 saturated carbocycles. The molecule has 0 aliphatic heterocycles. The van der Waals surface area contributed by atoms with Crippen molar-refractivity contribution in [3.63, 3.8) is 0 Å². The van der Waals surface area contributed by atoms with Crippen molar-refractivity contribution >= 4 is 12.3 Å². The van der Waals surface area contributed by atoms with E-state index >= 15 is 0 Å². The molecule has 0 radical (unpaired) electrons. The molecule has 0 atom stereocenters. The molecule has 0 aromatic heterocycles. The van der Waals surface area contributed by atoms with Crippen molar-refractivity contribution in [3.05, 3.63) is 64.5 Å². The molecule has 0 amide bonds. The highest BCUT2D eigenvalue weighted by molar-refractivity contribution is 5.91. The van der Waals surface area contributed by atoms with E-state index in [0.717, 1.165) is 6.29 Å². The number of hydrogen-bond acceptors (Lipinski definition) is 3. The van der Waals surface area contributed by atoms with Crippen molar-refractivity contribution in [1.29, 1.82) is 0 Å². The van der Waals surface area contributed by atoms with Gasteiger partial charge in [-0.25, -0.2) is 9.18 Å². The quantitative estimate of drug-likeness (QED) is 0.488. The zero-order valence-electron chi connectivity index (χ0n) is 11.1. The normalized spacial score (nSPS) is 10.2. The minimum absolute atomic E-state index is 0.268. The first kappa shape index (κ1) is 13.9. The summed E-state index contributed by atoms with van der Waals surface area (Å²) in [7, 11) is 0. The number of aryl methyl sites for hydroxylation is 2. The molecule has 0 unspecified atom stereocenters. The summed E-state index contributed by atoms with van der Waals surface area (Å²) in [6.45, 7) is 3.51. The summed E-state index contributed by atoms with van der Waals surface area (Å²) in [5.74, 6) is -0.552. The Balaban J connectivity index is 2.28. The number of hydrogen-bond donors (Lipinski definition) is 0. The fourth-order valence-corrected chi connectivity index (χ4v) is 1.95. The van der Waals surface area contributed by atoms with Crippen LogP contribution >= 0.6 is 0 Å². The van der Waals surface area contributed by atoms with Crippen molar-refractivity contribution in [2.45, 2.75) is 13.8 Å². The lowest BCUT2D eigenvalue weighted by molar-refractivity contribution is 0.0732. The number of benzene rings is 2. The highest BCUT2D eigenvalue weighted by atomic mass is 19.1. The van der Waals surface area contributed by atoms with Crippen LogP contribution in [0, 0.1) is 19.7 Å². The molecule has 0 fully saturated rings. The van der Waals surface area contributed by atoms with Crippen LogP contribution < -0.4 is 4.74 Å². The molecule has 0 saturated heterocycles. The molecule has 102 valence electrons. The summed E-state index contributed by atoms with van der Waals surface area (Å²) in [4.78, 5) is 22.7. The van der Waals surface area contributed by atoms with Crippen LogP contribution in [0.4, 0.5) is 4.39 Å². The fraction of sp³-hybridized carbons (Fsp3) is 0.125. The maximum atomic E-state index is 12.8. The van der Waals surface area contributed by atoms with E-state index in [9.17, 15) is 14.0 Å². The van der Waals surface area contributed by atoms with Gasteiger partial charge in [0.25, 0.3) is 0 Å². The number of carbonyl (C=O) groups is 2. The average molecular weight is 272 g/mol. The average Bonchev–Trinajstić information content (AvgIpc) is 2.43. The maximum Gasteiger partial charge on any atom is 0.343 e. The van der Waals surface area contributed by atoms with Crippen LogP contribution in [0.15, 0.2) is 36.4 Å². The number of aldehydes is 1. The van der Waals surface area contributed by atoms with Gasteiger partial charge >= 0.3 is 5.97 Å². The molecular weight excluding hydrogens is 259 g/mol. The van der Waals surface area contributed by atoms with Crippen molar-refractivity contribution < 1.29 is 18.7 Å². The lowest BCUT2D eigenvalue weighted by Gasteiger charge is -2.11. The summed E-state index contributed by atoms with van der Waals surface area (Å²) in [6, 6.07) is 8.42. The fourth-order valence-electron chi connectivity index (χ4n) is 1.95. The molecule has 0 bridgehead atoms. The minimum Gasteiger partial charge on any atom is -0.422 e. The maximum absolute atomic E-state index is 12.8. The van der Waals surface area contributed by atoms with Gasteiger partial charge in [-0.15, -0.1) is 0 Å². The van der Waals surface area contributed by atoms with E-state index in [-0.39, 0.29) is 5.56 Å². The number of rotatable bonds is 3. The van der Waals surface area contributed by atoms with E-state index in [4.69, 9.17) is 4.74 Å². The number of carbonyl (C=O) groups excluding carboxylic acids is 2. The Morgan fingerprint density at radius 3 is 2.15 bits per heavy atom. The van der Waals surface area contributed by atoms with E-state index in [1.807, 2.05) is 0 Å². The van der Waals surface area contributed by atoms with Crippen molar-refractivity contribution in [2.75, 3.05) is 0 Å². The molecule has 4 heteroatoms. The molecule has 0 heterocycles. The summed E-state index contributed by atoms with van der Waals surface area (Å²) < 4.78 is 18.1. The number of halogens is 1. The lowest BCUT2D eigenvalue weighted by Crippen LogP contribution is -2.10. The Labute approximate surface area is 116 Å². The SMILES string of the molecule is Cc1cc(C=O)cc(C)c1OC(=O)c1ccc(F)cc1. The third kappa shape index (κ3) is 2.91. The van der Waals surface area contributed by atoms with E-state index < -0.39 is 11.8 Å². The van der Waals surface area contributed by atoms with Gasteiger partial charge in [0.15, 0.2) is 0 Å². The number of esters is 1. The van der Waals surface area contributed by atoms with Crippen LogP contribution in [0.25, 0.3) is 0 Å². The zero-order valence-corrected chi connectivity index (χ0v) is 11.1. The summed E-state index contributed by atoms with van der Waals surface area (Å²) in [6.07, 6.45) is 0.742. The van der Waals surface area contributed by atoms with Crippen LogP contribution in [-0.4, -0.2) is 12.3 Å². The zero-order chi connectivity index (χ0) is 14.7. The van der Waals surface area contributed by atoms with Crippen LogP contribution in [0.1, 0.15) is 31.8 Å². The first-order valence-corrected chi connectivity index (χ1v) is 6.05. The van der Waals surface area contributed by atoms with Gasteiger partial charge in [-0.05, 0) is 61.4 Å². The highest BCUT2D eigenvalue weighted by Crippen LogP contribution is 2.25. The van der Waals surface area contributed by atoms with Crippen LogP contribution in [0.2, 0.25) is 0 Å². The number of ether oxygens (including phenoxy) is 1.